The van der Waals surface area contributed by atoms with Crippen LogP contribution in [0.25, 0.3) is 16.9 Å². The zero-order valence-corrected chi connectivity index (χ0v) is 15.2. The van der Waals surface area contributed by atoms with E-state index in [0.29, 0.717) is 15.1 Å². The van der Waals surface area contributed by atoms with E-state index >= 15 is 0 Å². The summed E-state index contributed by atoms with van der Waals surface area (Å²) in [4.78, 5) is 20.6. The highest BCUT2D eigenvalue weighted by Crippen LogP contribution is 2.32. The second kappa shape index (κ2) is 7.17. The number of pyridine rings is 1. The number of amides is 1. The number of halogens is 4. The van der Waals surface area contributed by atoms with E-state index in [-0.39, 0.29) is 22.9 Å². The Bertz CT molecular complexity index is 1190. The van der Waals surface area contributed by atoms with Crippen LogP contribution in [0.5, 0.6) is 0 Å². The number of aromatic nitrogens is 4. The summed E-state index contributed by atoms with van der Waals surface area (Å²) < 4.78 is 41.4. The van der Waals surface area contributed by atoms with Gasteiger partial charge in [0.05, 0.1) is 10.7 Å². The molecule has 0 aliphatic rings. The molecule has 1 aromatic carbocycles. The molecule has 1 amide bonds. The fraction of sp³-hybridized carbons (Fsp3) is 0.0526. The summed E-state index contributed by atoms with van der Waals surface area (Å²) in [5.74, 6) is -0.537. The van der Waals surface area contributed by atoms with Crippen molar-refractivity contribution >= 4 is 29.0 Å². The second-order valence-corrected chi connectivity index (χ2v) is 6.44. The summed E-state index contributed by atoms with van der Waals surface area (Å²) >= 11 is 5.74. The van der Waals surface area contributed by atoms with Gasteiger partial charge in [0.25, 0.3) is 5.91 Å². The number of fused-ring (bicyclic) bond motifs is 1. The van der Waals surface area contributed by atoms with Crippen LogP contribution in [-0.4, -0.2) is 25.5 Å². The number of nitrogens with one attached hydrogen (secondary N) is 1. The molecule has 0 bridgehead atoms. The van der Waals surface area contributed by atoms with Crippen LogP contribution in [0.2, 0.25) is 5.02 Å². The van der Waals surface area contributed by atoms with Gasteiger partial charge in [-0.2, -0.15) is 18.3 Å². The summed E-state index contributed by atoms with van der Waals surface area (Å²) in [7, 11) is 0. The number of anilines is 1. The Labute approximate surface area is 167 Å². The Morgan fingerprint density at radius 1 is 1.07 bits per heavy atom. The van der Waals surface area contributed by atoms with E-state index in [1.807, 2.05) is 0 Å². The predicted octanol–water partition coefficient (Wildman–Crippen LogP) is 4.72. The molecule has 10 heteroatoms. The topological polar surface area (TPSA) is 72.2 Å². The lowest BCUT2D eigenvalue weighted by Crippen LogP contribution is -2.16. The van der Waals surface area contributed by atoms with Crippen LogP contribution in [0.15, 0.2) is 60.8 Å². The van der Waals surface area contributed by atoms with E-state index in [4.69, 9.17) is 11.6 Å². The Morgan fingerprint density at radius 3 is 2.48 bits per heavy atom. The molecule has 0 saturated carbocycles. The van der Waals surface area contributed by atoms with Gasteiger partial charge in [-0.1, -0.05) is 41.9 Å². The molecule has 4 rings (SSSR count). The highest BCUT2D eigenvalue weighted by molar-refractivity contribution is 6.30. The highest BCUT2D eigenvalue weighted by Gasteiger charge is 2.35. The number of carbonyl (C=O) groups is 1. The van der Waals surface area contributed by atoms with Crippen LogP contribution in [0.3, 0.4) is 0 Å². The number of carbonyl (C=O) groups excluding carboxylic acids is 1. The molecule has 0 radical (unpaired) electrons. The van der Waals surface area contributed by atoms with Crippen molar-refractivity contribution in [1.29, 1.82) is 0 Å². The minimum absolute atomic E-state index is 0.104. The fourth-order valence-electron chi connectivity index (χ4n) is 2.67. The van der Waals surface area contributed by atoms with E-state index < -0.39 is 17.8 Å². The summed E-state index contributed by atoms with van der Waals surface area (Å²) in [5, 5.41) is 6.63. The van der Waals surface area contributed by atoms with Gasteiger partial charge >= 0.3 is 6.18 Å². The van der Waals surface area contributed by atoms with Gasteiger partial charge in [-0.15, -0.1) is 0 Å². The quantitative estimate of drug-likeness (QED) is 0.523. The van der Waals surface area contributed by atoms with Crippen molar-refractivity contribution in [3.05, 3.63) is 77.2 Å². The first-order chi connectivity index (χ1) is 13.8. The minimum atomic E-state index is -4.69. The molecule has 0 aliphatic carbocycles. The molecule has 29 heavy (non-hydrogen) atoms. The van der Waals surface area contributed by atoms with Gasteiger partial charge in [0.1, 0.15) is 5.82 Å². The van der Waals surface area contributed by atoms with Gasteiger partial charge in [0, 0.05) is 17.8 Å². The number of hydrogen-bond donors (Lipinski definition) is 1. The van der Waals surface area contributed by atoms with E-state index in [1.54, 1.807) is 30.3 Å². The average Bonchev–Trinajstić information content (AvgIpc) is 3.13. The van der Waals surface area contributed by atoms with E-state index in [1.165, 1.54) is 24.4 Å². The van der Waals surface area contributed by atoms with Gasteiger partial charge in [0.15, 0.2) is 17.0 Å². The molecule has 0 unspecified atom stereocenters. The molecule has 0 atom stereocenters. The maximum Gasteiger partial charge on any atom is 0.433 e. The molecule has 146 valence electrons. The number of nitrogens with zero attached hydrogens (tertiary/aromatic N) is 4. The minimum Gasteiger partial charge on any atom is -0.305 e. The molecular weight excluding hydrogens is 407 g/mol. The summed E-state index contributed by atoms with van der Waals surface area (Å²) in [6.45, 7) is 0. The van der Waals surface area contributed by atoms with Crippen molar-refractivity contribution in [3.8, 4) is 11.3 Å². The van der Waals surface area contributed by atoms with Gasteiger partial charge in [-0.3, -0.25) is 4.79 Å². The Morgan fingerprint density at radius 2 is 1.83 bits per heavy atom. The van der Waals surface area contributed by atoms with Crippen molar-refractivity contribution in [2.45, 2.75) is 6.18 Å². The van der Waals surface area contributed by atoms with Crippen molar-refractivity contribution < 1.29 is 18.0 Å². The van der Waals surface area contributed by atoms with Gasteiger partial charge < -0.3 is 5.32 Å². The number of benzene rings is 1. The monoisotopic (exact) mass is 417 g/mol. The van der Waals surface area contributed by atoms with Crippen molar-refractivity contribution in [1.82, 2.24) is 19.6 Å². The maximum absolute atomic E-state index is 13.6. The number of alkyl halides is 3. The molecular formula is C19H11ClF3N5O. The van der Waals surface area contributed by atoms with Crippen LogP contribution in [0.4, 0.5) is 19.0 Å². The first-order valence-corrected chi connectivity index (χ1v) is 8.65. The van der Waals surface area contributed by atoms with Gasteiger partial charge in [-0.25, -0.2) is 14.5 Å². The zero-order valence-electron chi connectivity index (χ0n) is 14.5. The molecule has 3 heterocycles. The highest BCUT2D eigenvalue weighted by atomic mass is 35.5. The largest absolute Gasteiger partial charge is 0.433 e. The zero-order chi connectivity index (χ0) is 20.6. The van der Waals surface area contributed by atoms with Gasteiger partial charge in [0.2, 0.25) is 0 Å². The molecule has 0 fully saturated rings. The first kappa shape index (κ1) is 18.9. The van der Waals surface area contributed by atoms with Crippen LogP contribution in [-0.2, 0) is 6.18 Å². The third-order valence-electron chi connectivity index (χ3n) is 3.99. The van der Waals surface area contributed by atoms with Gasteiger partial charge in [-0.05, 0) is 18.2 Å². The molecule has 0 spiro atoms. The molecule has 1 N–H and O–H groups in total. The second-order valence-electron chi connectivity index (χ2n) is 6.01. The SMILES string of the molecule is O=C(Nc1ccc(Cl)cn1)c1cc2nc(-c3ccccc3)cc(C(F)(F)F)n2n1. The van der Waals surface area contributed by atoms with Crippen LogP contribution in [0, 0.1) is 0 Å². The summed E-state index contributed by atoms with van der Waals surface area (Å²) in [6, 6.07) is 13.5. The predicted molar refractivity (Wildman–Crippen MR) is 101 cm³/mol. The summed E-state index contributed by atoms with van der Waals surface area (Å²) in [5.41, 5.74) is -0.738. The van der Waals surface area contributed by atoms with E-state index in [0.717, 1.165) is 6.07 Å². The lowest BCUT2D eigenvalue weighted by atomic mass is 10.1. The fourth-order valence-corrected chi connectivity index (χ4v) is 2.79. The normalized spacial score (nSPS) is 11.6. The average molecular weight is 418 g/mol. The van der Waals surface area contributed by atoms with E-state index in [2.05, 4.69) is 20.4 Å². The standard InChI is InChI=1S/C19H11ClF3N5O/c20-12-6-7-16(24-10-12)26-18(29)14-9-17-25-13(11-4-2-1-3-5-11)8-15(19(21,22)23)28(17)27-14/h1-10H,(H,24,26,29). The van der Waals surface area contributed by atoms with E-state index in [9.17, 15) is 18.0 Å². The van der Waals surface area contributed by atoms with Crippen LogP contribution in [0.1, 0.15) is 16.2 Å². The van der Waals surface area contributed by atoms with Crippen molar-refractivity contribution in [2.24, 2.45) is 0 Å². The first-order valence-electron chi connectivity index (χ1n) is 8.27. The van der Waals surface area contributed by atoms with Crippen LogP contribution >= 0.6 is 11.6 Å². The van der Waals surface area contributed by atoms with Crippen LogP contribution < -0.4 is 5.32 Å². The molecule has 0 aliphatic heterocycles. The molecule has 0 saturated heterocycles. The summed E-state index contributed by atoms with van der Waals surface area (Å²) in [6.07, 6.45) is -3.36. The molecule has 3 aromatic heterocycles. The van der Waals surface area contributed by atoms with Crippen molar-refractivity contribution in [2.75, 3.05) is 5.32 Å². The molecule has 6 nitrogen and oxygen atoms in total. The Hall–Kier alpha value is -3.46. The van der Waals surface area contributed by atoms with Crippen molar-refractivity contribution in [3.63, 3.8) is 0 Å². The Balaban J connectivity index is 1.77. The third kappa shape index (κ3) is 3.90. The number of hydrogen-bond acceptors (Lipinski definition) is 4. The smallest absolute Gasteiger partial charge is 0.305 e. The number of rotatable bonds is 3. The maximum atomic E-state index is 13.6. The lowest BCUT2D eigenvalue weighted by Gasteiger charge is -2.10. The Kier molecular flexibility index (Phi) is 4.67. The third-order valence-corrected chi connectivity index (χ3v) is 4.21. The lowest BCUT2D eigenvalue weighted by molar-refractivity contribution is -0.142. The molecule has 4 aromatic rings.